The first-order valence-electron chi connectivity index (χ1n) is 5.18. The highest BCUT2D eigenvalue weighted by atomic mass is 127. The lowest BCUT2D eigenvalue weighted by Crippen LogP contribution is -2.32. The summed E-state index contributed by atoms with van der Waals surface area (Å²) in [7, 11) is 0. The SMILES string of the molecule is CCN(CC)C(=O)C(I)c1ccccc1. The number of halogens is 1. The van der Waals surface area contributed by atoms with E-state index >= 15 is 0 Å². The lowest BCUT2D eigenvalue weighted by Gasteiger charge is -2.22. The summed E-state index contributed by atoms with van der Waals surface area (Å²) in [5.41, 5.74) is 1.08. The van der Waals surface area contributed by atoms with E-state index in [-0.39, 0.29) is 9.83 Å². The predicted octanol–water partition coefficient (Wildman–Crippen LogP) is 3.03. The van der Waals surface area contributed by atoms with Gasteiger partial charge in [-0.2, -0.15) is 0 Å². The number of nitrogens with zero attached hydrogens (tertiary/aromatic N) is 1. The van der Waals surface area contributed by atoms with Crippen molar-refractivity contribution in [3.8, 4) is 0 Å². The maximum absolute atomic E-state index is 12.0. The zero-order valence-electron chi connectivity index (χ0n) is 9.11. The van der Waals surface area contributed by atoms with Crippen molar-refractivity contribution in [2.24, 2.45) is 0 Å². The third kappa shape index (κ3) is 3.19. The topological polar surface area (TPSA) is 20.3 Å². The second kappa shape index (κ2) is 6.10. The van der Waals surface area contributed by atoms with Crippen LogP contribution in [0.2, 0.25) is 0 Å². The van der Waals surface area contributed by atoms with Gasteiger partial charge in [-0.25, -0.2) is 0 Å². The Morgan fingerprint density at radius 3 is 2.27 bits per heavy atom. The number of likely N-dealkylation sites (N-methyl/N-ethyl adjacent to an activating group) is 1. The average Bonchev–Trinajstić information content (AvgIpc) is 2.30. The van der Waals surface area contributed by atoms with E-state index in [1.165, 1.54) is 0 Å². The first-order chi connectivity index (χ1) is 7.20. The Bertz CT molecular complexity index is 309. The molecule has 0 saturated heterocycles. The molecule has 1 atom stereocenters. The van der Waals surface area contributed by atoms with Crippen LogP contribution in [0.3, 0.4) is 0 Å². The van der Waals surface area contributed by atoms with Crippen molar-refractivity contribution >= 4 is 28.5 Å². The van der Waals surface area contributed by atoms with Gasteiger partial charge in [-0.1, -0.05) is 52.9 Å². The van der Waals surface area contributed by atoms with E-state index in [2.05, 4.69) is 22.6 Å². The van der Waals surface area contributed by atoms with Gasteiger partial charge in [0.25, 0.3) is 0 Å². The minimum Gasteiger partial charge on any atom is -0.342 e. The molecule has 3 heteroatoms. The number of alkyl halides is 1. The summed E-state index contributed by atoms with van der Waals surface area (Å²) in [6, 6.07) is 9.90. The van der Waals surface area contributed by atoms with Crippen LogP contribution in [0, 0.1) is 0 Å². The fourth-order valence-corrected chi connectivity index (χ4v) is 2.27. The van der Waals surface area contributed by atoms with Crippen molar-refractivity contribution in [3.05, 3.63) is 35.9 Å². The van der Waals surface area contributed by atoms with E-state index in [0.717, 1.165) is 18.7 Å². The highest BCUT2D eigenvalue weighted by Crippen LogP contribution is 2.25. The van der Waals surface area contributed by atoms with Crippen LogP contribution in [0.1, 0.15) is 23.3 Å². The van der Waals surface area contributed by atoms with Crippen LogP contribution in [-0.4, -0.2) is 23.9 Å². The van der Waals surface area contributed by atoms with Crippen molar-refractivity contribution in [2.75, 3.05) is 13.1 Å². The third-order valence-electron chi connectivity index (χ3n) is 2.38. The summed E-state index contributed by atoms with van der Waals surface area (Å²) in [5, 5.41) is 0. The molecule has 15 heavy (non-hydrogen) atoms. The Balaban J connectivity index is 2.76. The van der Waals surface area contributed by atoms with Crippen molar-refractivity contribution in [1.82, 2.24) is 4.90 Å². The molecular formula is C12H16INO. The molecule has 0 spiro atoms. The largest absolute Gasteiger partial charge is 0.342 e. The smallest absolute Gasteiger partial charge is 0.240 e. The third-order valence-corrected chi connectivity index (χ3v) is 3.64. The molecule has 0 bridgehead atoms. The highest BCUT2D eigenvalue weighted by molar-refractivity contribution is 14.1. The van der Waals surface area contributed by atoms with Crippen LogP contribution in [0.25, 0.3) is 0 Å². The quantitative estimate of drug-likeness (QED) is 0.617. The molecule has 1 aromatic carbocycles. The van der Waals surface area contributed by atoms with Gasteiger partial charge in [0.05, 0.1) is 0 Å². The molecule has 0 aliphatic rings. The number of carbonyl (C=O) groups is 1. The fraction of sp³-hybridized carbons (Fsp3) is 0.417. The molecule has 1 rings (SSSR count). The van der Waals surface area contributed by atoms with Crippen LogP contribution >= 0.6 is 22.6 Å². The van der Waals surface area contributed by atoms with Crippen molar-refractivity contribution in [1.29, 1.82) is 0 Å². The molecular weight excluding hydrogens is 301 g/mol. The van der Waals surface area contributed by atoms with E-state index in [4.69, 9.17) is 0 Å². The summed E-state index contributed by atoms with van der Waals surface area (Å²) in [6.45, 7) is 5.58. The van der Waals surface area contributed by atoms with Crippen LogP contribution in [-0.2, 0) is 4.79 Å². The molecule has 1 unspecified atom stereocenters. The normalized spacial score (nSPS) is 12.2. The highest BCUT2D eigenvalue weighted by Gasteiger charge is 2.20. The van der Waals surface area contributed by atoms with Crippen LogP contribution in [0.15, 0.2) is 30.3 Å². The Kier molecular flexibility index (Phi) is 5.08. The van der Waals surface area contributed by atoms with Crippen LogP contribution < -0.4 is 0 Å². The Labute approximate surface area is 105 Å². The molecule has 0 saturated carbocycles. The standard InChI is InChI=1S/C12H16INO/c1-3-14(4-2)12(15)11(13)10-8-6-5-7-9-10/h5-9,11H,3-4H2,1-2H3. The Morgan fingerprint density at radius 2 is 1.80 bits per heavy atom. The molecule has 0 fully saturated rings. The van der Waals surface area contributed by atoms with Gasteiger partial charge < -0.3 is 4.90 Å². The van der Waals surface area contributed by atoms with Crippen LogP contribution in [0.4, 0.5) is 0 Å². The second-order valence-corrected chi connectivity index (χ2v) is 4.53. The van der Waals surface area contributed by atoms with E-state index in [1.807, 2.05) is 49.1 Å². The monoisotopic (exact) mass is 317 g/mol. The van der Waals surface area contributed by atoms with E-state index < -0.39 is 0 Å². The molecule has 1 aromatic rings. The van der Waals surface area contributed by atoms with Gasteiger partial charge >= 0.3 is 0 Å². The molecule has 0 heterocycles. The summed E-state index contributed by atoms with van der Waals surface area (Å²) in [4.78, 5) is 13.9. The second-order valence-electron chi connectivity index (χ2n) is 3.28. The lowest BCUT2D eigenvalue weighted by atomic mass is 10.1. The minimum atomic E-state index is -0.0660. The first-order valence-corrected chi connectivity index (χ1v) is 6.43. The van der Waals surface area contributed by atoms with Gasteiger partial charge in [0.2, 0.25) is 5.91 Å². The number of hydrogen-bond acceptors (Lipinski definition) is 1. The number of amides is 1. The first kappa shape index (κ1) is 12.5. The number of carbonyl (C=O) groups excluding carboxylic acids is 1. The molecule has 2 nitrogen and oxygen atoms in total. The Morgan fingerprint density at radius 1 is 1.27 bits per heavy atom. The van der Waals surface area contributed by atoms with Gasteiger partial charge in [0.15, 0.2) is 0 Å². The number of hydrogen-bond donors (Lipinski definition) is 0. The van der Waals surface area contributed by atoms with Gasteiger partial charge in [0.1, 0.15) is 3.92 Å². The van der Waals surface area contributed by atoms with Crippen LogP contribution in [0.5, 0.6) is 0 Å². The van der Waals surface area contributed by atoms with E-state index in [1.54, 1.807) is 0 Å². The van der Waals surface area contributed by atoms with Crippen molar-refractivity contribution in [3.63, 3.8) is 0 Å². The summed E-state index contributed by atoms with van der Waals surface area (Å²) < 4.78 is -0.0660. The molecule has 0 aliphatic carbocycles. The lowest BCUT2D eigenvalue weighted by molar-refractivity contribution is -0.129. The van der Waals surface area contributed by atoms with Gasteiger partial charge in [-0.15, -0.1) is 0 Å². The molecule has 0 N–H and O–H groups in total. The van der Waals surface area contributed by atoms with Gasteiger partial charge in [-0.05, 0) is 19.4 Å². The molecule has 1 amide bonds. The molecule has 0 aromatic heterocycles. The molecule has 0 radical (unpaired) electrons. The van der Waals surface area contributed by atoms with E-state index in [9.17, 15) is 4.79 Å². The van der Waals surface area contributed by atoms with Gasteiger partial charge in [-0.3, -0.25) is 4.79 Å². The van der Waals surface area contributed by atoms with Crippen molar-refractivity contribution in [2.45, 2.75) is 17.8 Å². The summed E-state index contributed by atoms with van der Waals surface area (Å²) in [6.07, 6.45) is 0. The molecule has 0 aliphatic heterocycles. The number of benzene rings is 1. The zero-order valence-corrected chi connectivity index (χ0v) is 11.3. The predicted molar refractivity (Wildman–Crippen MR) is 71.1 cm³/mol. The fourth-order valence-electron chi connectivity index (χ4n) is 1.46. The minimum absolute atomic E-state index is 0.0660. The maximum atomic E-state index is 12.0. The van der Waals surface area contributed by atoms with Crippen molar-refractivity contribution < 1.29 is 4.79 Å². The molecule has 82 valence electrons. The summed E-state index contributed by atoms with van der Waals surface area (Å²) in [5.74, 6) is 0.201. The average molecular weight is 317 g/mol. The Hall–Kier alpha value is -0.580. The van der Waals surface area contributed by atoms with E-state index in [0.29, 0.717) is 0 Å². The number of rotatable bonds is 4. The zero-order chi connectivity index (χ0) is 11.3. The van der Waals surface area contributed by atoms with Gasteiger partial charge in [0, 0.05) is 13.1 Å². The summed E-state index contributed by atoms with van der Waals surface area (Å²) >= 11 is 2.20. The maximum Gasteiger partial charge on any atom is 0.240 e.